The molecule has 2 aromatic heterocycles. The van der Waals surface area contributed by atoms with Crippen LogP contribution in [0.25, 0.3) is 15.5 Å². The molecule has 2 heterocycles. The highest BCUT2D eigenvalue weighted by Gasteiger charge is 2.10. The van der Waals surface area contributed by atoms with Crippen LogP contribution >= 0.6 is 11.3 Å². The highest BCUT2D eigenvalue weighted by atomic mass is 32.1. The van der Waals surface area contributed by atoms with Crippen molar-refractivity contribution in [1.82, 2.24) is 19.8 Å². The van der Waals surface area contributed by atoms with E-state index in [0.29, 0.717) is 6.54 Å². The molecule has 92 valence electrons. The molecule has 18 heavy (non-hydrogen) atoms. The molecule has 5 nitrogen and oxygen atoms in total. The fourth-order valence-electron chi connectivity index (χ4n) is 1.86. The maximum absolute atomic E-state index is 5.58. The van der Waals surface area contributed by atoms with Crippen molar-refractivity contribution in [3.8, 4) is 10.6 Å². The van der Waals surface area contributed by atoms with Crippen molar-refractivity contribution < 1.29 is 0 Å². The van der Waals surface area contributed by atoms with E-state index in [1.807, 2.05) is 13.0 Å². The van der Waals surface area contributed by atoms with Crippen LogP contribution in [0.15, 0.2) is 24.3 Å². The van der Waals surface area contributed by atoms with Gasteiger partial charge in [-0.1, -0.05) is 29.5 Å². The fourth-order valence-corrected chi connectivity index (χ4v) is 2.74. The van der Waals surface area contributed by atoms with Gasteiger partial charge in [0, 0.05) is 5.56 Å². The average molecular weight is 259 g/mol. The number of nitrogens with two attached hydrogens (primary N) is 1. The summed E-state index contributed by atoms with van der Waals surface area (Å²) in [5.41, 5.74) is 7.92. The molecule has 0 fully saturated rings. The van der Waals surface area contributed by atoms with Crippen molar-refractivity contribution in [2.75, 3.05) is 6.54 Å². The lowest BCUT2D eigenvalue weighted by Crippen LogP contribution is -2.02. The minimum absolute atomic E-state index is 0.660. The van der Waals surface area contributed by atoms with E-state index < -0.39 is 0 Å². The molecule has 0 spiro atoms. The van der Waals surface area contributed by atoms with Crippen LogP contribution < -0.4 is 5.73 Å². The molecule has 0 unspecified atom stereocenters. The molecular formula is C12H13N5S. The lowest BCUT2D eigenvalue weighted by Gasteiger charge is -2.00. The smallest absolute Gasteiger partial charge is 0.234 e. The zero-order valence-electron chi connectivity index (χ0n) is 10.00. The SMILES string of the molecule is Cc1nnc2sc(-c3cccc(CCN)c3)nn12. The molecule has 1 aromatic carbocycles. The van der Waals surface area contributed by atoms with Gasteiger partial charge in [-0.15, -0.1) is 10.2 Å². The Labute approximate surface area is 108 Å². The molecule has 2 N–H and O–H groups in total. The Morgan fingerprint density at radius 3 is 3.00 bits per heavy atom. The maximum atomic E-state index is 5.58. The van der Waals surface area contributed by atoms with Crippen LogP contribution in [0.5, 0.6) is 0 Å². The predicted octanol–water partition coefficient (Wildman–Crippen LogP) is 1.66. The molecule has 3 aromatic rings. The van der Waals surface area contributed by atoms with Crippen LogP contribution in [0.3, 0.4) is 0 Å². The molecule has 0 radical (unpaired) electrons. The van der Waals surface area contributed by atoms with Gasteiger partial charge in [0.2, 0.25) is 4.96 Å². The molecule has 0 aliphatic rings. The molecule has 0 bridgehead atoms. The Hall–Kier alpha value is -1.79. The maximum Gasteiger partial charge on any atom is 0.234 e. The van der Waals surface area contributed by atoms with Crippen molar-refractivity contribution in [2.45, 2.75) is 13.3 Å². The summed E-state index contributed by atoms with van der Waals surface area (Å²) in [6, 6.07) is 8.31. The second kappa shape index (κ2) is 4.47. The third-order valence-corrected chi connectivity index (χ3v) is 3.70. The molecule has 0 atom stereocenters. The molecule has 0 saturated carbocycles. The average Bonchev–Trinajstić information content (AvgIpc) is 2.93. The van der Waals surface area contributed by atoms with Crippen LogP contribution in [-0.4, -0.2) is 26.4 Å². The Morgan fingerprint density at radius 1 is 1.33 bits per heavy atom. The van der Waals surface area contributed by atoms with Gasteiger partial charge >= 0.3 is 0 Å². The van der Waals surface area contributed by atoms with Crippen LogP contribution in [0.4, 0.5) is 0 Å². The van der Waals surface area contributed by atoms with Crippen molar-refractivity contribution in [1.29, 1.82) is 0 Å². The Bertz CT molecular complexity index is 685. The van der Waals surface area contributed by atoms with Crippen LogP contribution in [0.1, 0.15) is 11.4 Å². The van der Waals surface area contributed by atoms with E-state index in [0.717, 1.165) is 27.8 Å². The zero-order chi connectivity index (χ0) is 12.5. The minimum atomic E-state index is 0.660. The molecule has 0 aliphatic carbocycles. The van der Waals surface area contributed by atoms with E-state index in [-0.39, 0.29) is 0 Å². The van der Waals surface area contributed by atoms with Crippen LogP contribution in [0, 0.1) is 6.92 Å². The summed E-state index contributed by atoms with van der Waals surface area (Å²) in [6.45, 7) is 2.56. The second-order valence-corrected chi connectivity index (χ2v) is 5.04. The third-order valence-electron chi connectivity index (χ3n) is 2.75. The Kier molecular flexibility index (Phi) is 2.81. The number of aryl methyl sites for hydroxylation is 1. The van der Waals surface area contributed by atoms with Crippen molar-refractivity contribution in [3.05, 3.63) is 35.7 Å². The predicted molar refractivity (Wildman–Crippen MR) is 71.6 cm³/mol. The Balaban J connectivity index is 2.05. The van der Waals surface area contributed by atoms with Gasteiger partial charge in [-0.05, 0) is 31.5 Å². The van der Waals surface area contributed by atoms with E-state index in [1.54, 1.807) is 15.9 Å². The Morgan fingerprint density at radius 2 is 2.22 bits per heavy atom. The highest BCUT2D eigenvalue weighted by molar-refractivity contribution is 7.19. The first-order valence-corrected chi connectivity index (χ1v) is 6.58. The normalized spacial score (nSPS) is 11.2. The van der Waals surface area contributed by atoms with E-state index in [4.69, 9.17) is 5.73 Å². The number of hydrogen-bond acceptors (Lipinski definition) is 5. The van der Waals surface area contributed by atoms with Gasteiger partial charge in [0.05, 0.1) is 0 Å². The fraction of sp³-hybridized carbons (Fsp3) is 0.250. The monoisotopic (exact) mass is 259 g/mol. The van der Waals surface area contributed by atoms with Gasteiger partial charge in [-0.2, -0.15) is 9.61 Å². The number of hydrogen-bond donors (Lipinski definition) is 1. The standard InChI is InChI=1S/C12H13N5S/c1-8-14-15-12-17(8)16-11(18-12)10-4-2-3-9(7-10)5-6-13/h2-4,7H,5-6,13H2,1H3. The number of nitrogens with zero attached hydrogens (tertiary/aromatic N) is 4. The highest BCUT2D eigenvalue weighted by Crippen LogP contribution is 2.26. The van der Waals surface area contributed by atoms with Gasteiger partial charge < -0.3 is 5.73 Å². The summed E-state index contributed by atoms with van der Waals surface area (Å²) < 4.78 is 1.77. The second-order valence-electron chi connectivity index (χ2n) is 4.09. The topological polar surface area (TPSA) is 69.1 Å². The van der Waals surface area contributed by atoms with Crippen molar-refractivity contribution in [2.24, 2.45) is 5.73 Å². The van der Waals surface area contributed by atoms with Gasteiger partial charge in [-0.25, -0.2) is 0 Å². The molecule has 6 heteroatoms. The summed E-state index contributed by atoms with van der Waals surface area (Å²) in [5, 5.41) is 13.5. The largest absolute Gasteiger partial charge is 0.330 e. The van der Waals surface area contributed by atoms with Gasteiger partial charge in [-0.3, -0.25) is 0 Å². The number of fused-ring (bicyclic) bond motifs is 1. The first-order valence-electron chi connectivity index (χ1n) is 5.76. The van der Waals surface area contributed by atoms with Crippen LogP contribution in [-0.2, 0) is 6.42 Å². The molecule has 0 saturated heterocycles. The molecule has 3 rings (SSSR count). The van der Waals surface area contributed by atoms with E-state index in [9.17, 15) is 0 Å². The van der Waals surface area contributed by atoms with Crippen molar-refractivity contribution >= 4 is 16.3 Å². The van der Waals surface area contributed by atoms with Gasteiger partial charge in [0.25, 0.3) is 0 Å². The molecule has 0 amide bonds. The summed E-state index contributed by atoms with van der Waals surface area (Å²) in [6.07, 6.45) is 0.886. The first kappa shape index (κ1) is 11.3. The zero-order valence-corrected chi connectivity index (χ0v) is 10.8. The summed E-state index contributed by atoms with van der Waals surface area (Å²) in [5.74, 6) is 0.811. The molecule has 0 aliphatic heterocycles. The summed E-state index contributed by atoms with van der Waals surface area (Å²) in [7, 11) is 0. The van der Waals surface area contributed by atoms with Crippen molar-refractivity contribution in [3.63, 3.8) is 0 Å². The number of benzene rings is 1. The third kappa shape index (κ3) is 1.89. The minimum Gasteiger partial charge on any atom is -0.330 e. The lowest BCUT2D eigenvalue weighted by molar-refractivity contribution is 0.897. The number of aromatic nitrogens is 4. The summed E-state index contributed by atoms with van der Waals surface area (Å²) >= 11 is 1.54. The first-order chi connectivity index (χ1) is 8.78. The van der Waals surface area contributed by atoms with E-state index in [2.05, 4.69) is 33.5 Å². The quantitative estimate of drug-likeness (QED) is 0.776. The lowest BCUT2D eigenvalue weighted by atomic mass is 10.1. The van der Waals surface area contributed by atoms with Crippen LogP contribution in [0.2, 0.25) is 0 Å². The van der Waals surface area contributed by atoms with Gasteiger partial charge in [0.1, 0.15) is 5.01 Å². The molecular weight excluding hydrogens is 246 g/mol. The van der Waals surface area contributed by atoms with E-state index >= 15 is 0 Å². The van der Waals surface area contributed by atoms with Gasteiger partial charge in [0.15, 0.2) is 5.82 Å². The summed E-state index contributed by atoms with van der Waals surface area (Å²) in [4.78, 5) is 0.826. The number of rotatable bonds is 3. The van der Waals surface area contributed by atoms with E-state index in [1.165, 1.54) is 5.56 Å².